The molecule has 0 atom stereocenters. The number of aryl methyl sites for hydroxylation is 1. The lowest BCUT2D eigenvalue weighted by molar-refractivity contribution is 0.112. The van der Waals surface area contributed by atoms with E-state index in [1.807, 2.05) is 43.0 Å². The van der Waals surface area contributed by atoms with E-state index in [1.165, 1.54) is 6.07 Å². The molecule has 0 saturated heterocycles. The maximum Gasteiger partial charge on any atom is 0.150 e. The van der Waals surface area contributed by atoms with Crippen LogP contribution in [0.3, 0.4) is 0 Å². The number of rotatable bonds is 4. The summed E-state index contributed by atoms with van der Waals surface area (Å²) in [6, 6.07) is 12.4. The van der Waals surface area contributed by atoms with E-state index in [0.717, 1.165) is 11.3 Å². The Morgan fingerprint density at radius 2 is 2.00 bits per heavy atom. The van der Waals surface area contributed by atoms with E-state index in [-0.39, 0.29) is 5.82 Å². The lowest BCUT2D eigenvalue weighted by atomic mass is 10.1. The predicted molar refractivity (Wildman–Crippen MR) is 75.6 cm³/mol. The third kappa shape index (κ3) is 2.81. The highest BCUT2D eigenvalue weighted by Gasteiger charge is 2.12. The largest absolute Gasteiger partial charge is 0.339 e. The van der Waals surface area contributed by atoms with Gasteiger partial charge in [0.25, 0.3) is 0 Å². The van der Waals surface area contributed by atoms with Gasteiger partial charge in [-0.05, 0) is 49.7 Å². The highest BCUT2D eigenvalue weighted by Crippen LogP contribution is 2.28. The summed E-state index contributed by atoms with van der Waals surface area (Å²) in [7, 11) is 0. The quantitative estimate of drug-likeness (QED) is 0.768. The van der Waals surface area contributed by atoms with Gasteiger partial charge in [-0.2, -0.15) is 0 Å². The van der Waals surface area contributed by atoms with Crippen molar-refractivity contribution in [2.75, 3.05) is 11.4 Å². The van der Waals surface area contributed by atoms with E-state index < -0.39 is 0 Å². The fourth-order valence-electron chi connectivity index (χ4n) is 2.10. The van der Waals surface area contributed by atoms with E-state index in [9.17, 15) is 9.18 Å². The minimum absolute atomic E-state index is 0.349. The molecule has 0 aliphatic carbocycles. The van der Waals surface area contributed by atoms with Gasteiger partial charge in [0.05, 0.1) is 5.69 Å². The molecule has 2 aromatic carbocycles. The molecule has 0 bridgehead atoms. The predicted octanol–water partition coefficient (Wildman–Crippen LogP) is 4.10. The summed E-state index contributed by atoms with van der Waals surface area (Å²) in [6.07, 6.45) is 0.649. The molecule has 2 rings (SSSR count). The molecule has 3 heteroatoms. The van der Waals surface area contributed by atoms with Crippen molar-refractivity contribution in [1.29, 1.82) is 0 Å². The van der Waals surface area contributed by atoms with Crippen LogP contribution in [0.4, 0.5) is 15.8 Å². The lowest BCUT2D eigenvalue weighted by Gasteiger charge is -2.24. The van der Waals surface area contributed by atoms with Crippen LogP contribution in [-0.2, 0) is 0 Å². The molecule has 0 N–H and O–H groups in total. The van der Waals surface area contributed by atoms with Crippen LogP contribution >= 0.6 is 0 Å². The topological polar surface area (TPSA) is 20.3 Å². The van der Waals surface area contributed by atoms with E-state index in [4.69, 9.17) is 0 Å². The van der Waals surface area contributed by atoms with Crippen molar-refractivity contribution in [3.63, 3.8) is 0 Å². The average Bonchev–Trinajstić information content (AvgIpc) is 2.41. The van der Waals surface area contributed by atoms with Crippen LogP contribution in [0.15, 0.2) is 42.5 Å². The highest BCUT2D eigenvalue weighted by molar-refractivity contribution is 5.77. The van der Waals surface area contributed by atoms with E-state index in [2.05, 4.69) is 0 Å². The van der Waals surface area contributed by atoms with Gasteiger partial charge in [0, 0.05) is 17.8 Å². The molecule has 0 fully saturated rings. The molecule has 0 saturated carbocycles. The molecule has 19 heavy (non-hydrogen) atoms. The summed E-state index contributed by atoms with van der Waals surface area (Å²) in [5.74, 6) is -0.382. The van der Waals surface area contributed by atoms with E-state index in [0.29, 0.717) is 24.1 Å². The van der Waals surface area contributed by atoms with Crippen molar-refractivity contribution in [1.82, 2.24) is 0 Å². The maximum absolute atomic E-state index is 14.1. The molecule has 0 amide bonds. The van der Waals surface area contributed by atoms with Gasteiger partial charge in [0.2, 0.25) is 0 Å². The summed E-state index contributed by atoms with van der Waals surface area (Å²) in [4.78, 5) is 12.5. The molecular weight excluding hydrogens is 241 g/mol. The van der Waals surface area contributed by atoms with Gasteiger partial charge in [0.1, 0.15) is 12.1 Å². The number of nitrogens with zero attached hydrogens (tertiary/aromatic N) is 1. The highest BCUT2D eigenvalue weighted by atomic mass is 19.1. The van der Waals surface area contributed by atoms with Crippen molar-refractivity contribution < 1.29 is 9.18 Å². The van der Waals surface area contributed by atoms with Crippen LogP contribution in [0.5, 0.6) is 0 Å². The molecule has 0 radical (unpaired) electrons. The van der Waals surface area contributed by atoms with Crippen LogP contribution in [-0.4, -0.2) is 12.8 Å². The van der Waals surface area contributed by atoms with Crippen LogP contribution in [0.2, 0.25) is 0 Å². The van der Waals surface area contributed by atoms with Gasteiger partial charge < -0.3 is 4.90 Å². The minimum Gasteiger partial charge on any atom is -0.339 e. The number of halogens is 1. The molecule has 0 aliphatic rings. The Hall–Kier alpha value is -2.16. The number of hydrogen-bond acceptors (Lipinski definition) is 2. The zero-order valence-corrected chi connectivity index (χ0v) is 11.1. The Kier molecular flexibility index (Phi) is 3.95. The Labute approximate surface area is 112 Å². The van der Waals surface area contributed by atoms with Crippen molar-refractivity contribution in [2.24, 2.45) is 0 Å². The zero-order chi connectivity index (χ0) is 13.8. The number of anilines is 2. The minimum atomic E-state index is -0.382. The van der Waals surface area contributed by atoms with Crippen molar-refractivity contribution in [3.8, 4) is 0 Å². The summed E-state index contributed by atoms with van der Waals surface area (Å²) in [6.45, 7) is 4.62. The third-order valence-corrected chi connectivity index (χ3v) is 3.03. The van der Waals surface area contributed by atoms with Crippen molar-refractivity contribution in [3.05, 3.63) is 59.4 Å². The normalized spacial score (nSPS) is 10.3. The van der Waals surface area contributed by atoms with Gasteiger partial charge in [0.15, 0.2) is 0 Å². The van der Waals surface area contributed by atoms with Gasteiger partial charge >= 0.3 is 0 Å². The number of carbonyl (C=O) groups excluding carboxylic acids is 1. The monoisotopic (exact) mass is 257 g/mol. The van der Waals surface area contributed by atoms with Crippen molar-refractivity contribution >= 4 is 17.7 Å². The Balaban J connectivity index is 2.45. The first-order valence-electron chi connectivity index (χ1n) is 6.24. The fraction of sp³-hybridized carbons (Fsp3) is 0.188. The van der Waals surface area contributed by atoms with Crippen LogP contribution in [0.1, 0.15) is 22.8 Å². The number of carbonyl (C=O) groups is 1. The summed E-state index contributed by atoms with van der Waals surface area (Å²) in [5.41, 5.74) is 2.90. The van der Waals surface area contributed by atoms with Crippen LogP contribution in [0.25, 0.3) is 0 Å². The SMILES string of the molecule is CCN(c1cccc(C)c1)c1ccc(C=O)cc1F. The molecule has 0 aliphatic heterocycles. The van der Waals surface area contributed by atoms with Gasteiger partial charge in [-0.1, -0.05) is 12.1 Å². The maximum atomic E-state index is 14.1. The second kappa shape index (κ2) is 5.65. The standard InChI is InChI=1S/C16H16FNO/c1-3-18(14-6-4-5-12(2)9-14)16-8-7-13(11-19)10-15(16)17/h4-11H,3H2,1-2H3. The zero-order valence-electron chi connectivity index (χ0n) is 11.1. The lowest BCUT2D eigenvalue weighted by Crippen LogP contribution is -2.17. The fourth-order valence-corrected chi connectivity index (χ4v) is 2.10. The van der Waals surface area contributed by atoms with E-state index in [1.54, 1.807) is 12.1 Å². The summed E-state index contributed by atoms with van der Waals surface area (Å²) >= 11 is 0. The molecule has 98 valence electrons. The molecule has 0 spiro atoms. The first kappa shape index (κ1) is 13.3. The summed E-state index contributed by atoms with van der Waals surface area (Å²) in [5, 5.41) is 0. The molecular formula is C16H16FNO. The molecule has 2 nitrogen and oxygen atoms in total. The smallest absolute Gasteiger partial charge is 0.150 e. The number of benzene rings is 2. The van der Waals surface area contributed by atoms with Crippen LogP contribution in [0, 0.1) is 12.7 Å². The molecule has 0 unspecified atom stereocenters. The van der Waals surface area contributed by atoms with Gasteiger partial charge in [-0.15, -0.1) is 0 Å². The molecule has 0 heterocycles. The van der Waals surface area contributed by atoms with Gasteiger partial charge in [-0.3, -0.25) is 4.79 Å². The Bertz CT molecular complexity index is 595. The molecule has 0 aromatic heterocycles. The first-order chi connectivity index (χ1) is 9.15. The second-order valence-electron chi connectivity index (χ2n) is 4.41. The third-order valence-electron chi connectivity index (χ3n) is 3.03. The average molecular weight is 257 g/mol. The Morgan fingerprint density at radius 3 is 2.58 bits per heavy atom. The second-order valence-corrected chi connectivity index (χ2v) is 4.41. The summed E-state index contributed by atoms with van der Waals surface area (Å²) < 4.78 is 14.1. The molecule has 2 aromatic rings. The number of aldehydes is 1. The van der Waals surface area contributed by atoms with E-state index >= 15 is 0 Å². The van der Waals surface area contributed by atoms with Crippen LogP contribution < -0.4 is 4.90 Å². The van der Waals surface area contributed by atoms with Crippen molar-refractivity contribution in [2.45, 2.75) is 13.8 Å². The number of hydrogen-bond donors (Lipinski definition) is 0. The Morgan fingerprint density at radius 1 is 1.21 bits per heavy atom. The van der Waals surface area contributed by atoms with Gasteiger partial charge in [-0.25, -0.2) is 4.39 Å². The first-order valence-corrected chi connectivity index (χ1v) is 6.24.